The Morgan fingerprint density at radius 3 is 0.718 bits per heavy atom. The Balaban J connectivity index is 1.36. The second-order valence-corrected chi connectivity index (χ2v) is 18.7. The molecule has 6 nitrogen and oxygen atoms in total. The summed E-state index contributed by atoms with van der Waals surface area (Å²) >= 11 is 0. The van der Waals surface area contributed by atoms with Gasteiger partial charge in [0.25, 0.3) is 0 Å². The highest BCUT2D eigenvalue weighted by molar-refractivity contribution is 6.16. The Morgan fingerprint density at radius 1 is 0.256 bits per heavy atom. The van der Waals surface area contributed by atoms with Crippen LogP contribution in [0.2, 0.25) is 0 Å². The van der Waals surface area contributed by atoms with E-state index < -0.39 is 47.0 Å². The highest BCUT2D eigenvalue weighted by Crippen LogP contribution is 2.50. The van der Waals surface area contributed by atoms with Crippen LogP contribution in [0.25, 0.3) is 110 Å². The number of benzene rings is 9. The topological polar surface area (TPSA) is 67.3 Å². The molecule has 0 radical (unpaired) electrons. The Labute approximate surface area is 430 Å². The van der Waals surface area contributed by atoms with Crippen LogP contribution in [0.15, 0.2) is 170 Å². The fourth-order valence-electron chi connectivity index (χ4n) is 11.3. The van der Waals surface area contributed by atoms with Gasteiger partial charge in [-0.3, -0.25) is 0 Å². The smallest absolute Gasteiger partial charge is 0.306 e. The molecule has 0 bridgehead atoms. The van der Waals surface area contributed by atoms with E-state index in [0.29, 0.717) is 0 Å². The zero-order chi connectivity index (χ0) is 54.5. The van der Waals surface area contributed by atoms with Crippen molar-refractivity contribution in [3.63, 3.8) is 0 Å². The van der Waals surface area contributed by atoms with Crippen molar-refractivity contribution in [1.82, 2.24) is 18.3 Å². The minimum Gasteiger partial charge on any atom is -0.306 e. The standard InChI is InChI=1S/C60H28F12N6/c61-57(62,63)31-17-21-49-39(25-31)35-9-1-5-13-45(35)75(49)53-43(29-73)54(76-46-14-6-2-10-36(46)40-26-32(58(64,65)66)18-22-50(40)76)56(78-48-16-8-4-12-38(48)42-28-34(60(70,71)72)20-24-52(42)78)55(44(53)30-74)77-47-15-7-3-11-37(47)41-27-33(59(67,68)69)19-23-51(41)77/h1-28H. The third-order valence-corrected chi connectivity index (χ3v) is 14.5. The van der Waals surface area contributed by atoms with E-state index in [9.17, 15) is 63.2 Å². The predicted molar refractivity (Wildman–Crippen MR) is 273 cm³/mol. The van der Waals surface area contributed by atoms with E-state index in [1.165, 1.54) is 42.5 Å². The summed E-state index contributed by atoms with van der Waals surface area (Å²) in [5, 5.41) is 25.4. The van der Waals surface area contributed by atoms with Gasteiger partial charge in [-0.1, -0.05) is 72.8 Å². The van der Waals surface area contributed by atoms with Crippen LogP contribution in [0, 0.1) is 22.7 Å². The van der Waals surface area contributed by atoms with Gasteiger partial charge in [0.1, 0.15) is 23.3 Å². The summed E-state index contributed by atoms with van der Waals surface area (Å²) in [5.41, 5.74) is -4.58. The molecule has 0 fully saturated rings. The number of fused-ring (bicyclic) bond motifs is 12. The first-order valence-electron chi connectivity index (χ1n) is 23.7. The van der Waals surface area contributed by atoms with E-state index in [1.54, 1.807) is 97.1 Å². The van der Waals surface area contributed by atoms with Crippen molar-refractivity contribution in [2.75, 3.05) is 0 Å². The second kappa shape index (κ2) is 16.4. The van der Waals surface area contributed by atoms with Gasteiger partial charge in [-0.15, -0.1) is 0 Å². The summed E-state index contributed by atoms with van der Waals surface area (Å²) in [5.74, 6) is 0. The molecule has 0 amide bonds. The summed E-state index contributed by atoms with van der Waals surface area (Å²) in [7, 11) is 0. The third kappa shape index (κ3) is 6.91. The second-order valence-electron chi connectivity index (χ2n) is 18.7. The van der Waals surface area contributed by atoms with Gasteiger partial charge >= 0.3 is 24.7 Å². The van der Waals surface area contributed by atoms with Crippen molar-refractivity contribution in [3.8, 4) is 34.9 Å². The van der Waals surface area contributed by atoms with E-state index in [-0.39, 0.29) is 121 Å². The zero-order valence-electron chi connectivity index (χ0n) is 39.4. The van der Waals surface area contributed by atoms with E-state index in [2.05, 4.69) is 12.1 Å². The Kier molecular flexibility index (Phi) is 10.1. The molecule has 4 heterocycles. The van der Waals surface area contributed by atoms with Gasteiger partial charge in [0.15, 0.2) is 0 Å². The maximum atomic E-state index is 14.7. The average Bonchev–Trinajstić information content (AvgIpc) is 4.16. The van der Waals surface area contributed by atoms with E-state index in [4.69, 9.17) is 0 Å². The fraction of sp³-hybridized carbons (Fsp3) is 0.0667. The number of aromatic nitrogens is 4. The van der Waals surface area contributed by atoms with Crippen molar-refractivity contribution in [2.24, 2.45) is 0 Å². The van der Waals surface area contributed by atoms with Crippen LogP contribution in [0.3, 0.4) is 0 Å². The quantitative estimate of drug-likeness (QED) is 0.165. The molecule has 0 aliphatic rings. The number of nitriles is 2. The van der Waals surface area contributed by atoms with E-state index >= 15 is 0 Å². The molecule has 78 heavy (non-hydrogen) atoms. The molecule has 0 N–H and O–H groups in total. The molecule has 9 aromatic carbocycles. The summed E-state index contributed by atoms with van der Waals surface area (Å²) < 4.78 is 182. The molecule has 18 heteroatoms. The van der Waals surface area contributed by atoms with Crippen molar-refractivity contribution >= 4 is 87.2 Å². The first-order valence-corrected chi connectivity index (χ1v) is 23.7. The summed E-state index contributed by atoms with van der Waals surface area (Å²) in [6.07, 6.45) is -19.4. The lowest BCUT2D eigenvalue weighted by Crippen LogP contribution is -2.17. The molecule has 13 aromatic rings. The molecular formula is C60H28F12N6. The maximum Gasteiger partial charge on any atom is 0.416 e. The lowest BCUT2D eigenvalue weighted by molar-refractivity contribution is -0.138. The van der Waals surface area contributed by atoms with Gasteiger partial charge in [0.2, 0.25) is 0 Å². The van der Waals surface area contributed by atoms with Crippen molar-refractivity contribution in [2.45, 2.75) is 24.7 Å². The number of para-hydroxylation sites is 4. The molecule has 13 rings (SSSR count). The van der Waals surface area contributed by atoms with Gasteiger partial charge in [0, 0.05) is 43.1 Å². The summed E-state index contributed by atoms with van der Waals surface area (Å²) in [6, 6.07) is 41.6. The van der Waals surface area contributed by atoms with Crippen LogP contribution in [0.4, 0.5) is 52.7 Å². The number of hydrogen-bond acceptors (Lipinski definition) is 2. The zero-order valence-corrected chi connectivity index (χ0v) is 39.4. The Hall–Kier alpha value is -9.68. The van der Waals surface area contributed by atoms with Gasteiger partial charge in [-0.05, 0) is 97.1 Å². The molecule has 382 valence electrons. The first-order chi connectivity index (χ1) is 37.2. The largest absolute Gasteiger partial charge is 0.416 e. The molecule has 0 saturated carbocycles. The summed E-state index contributed by atoms with van der Waals surface area (Å²) in [4.78, 5) is 0. The van der Waals surface area contributed by atoms with E-state index in [0.717, 1.165) is 48.5 Å². The molecule has 0 spiro atoms. The first kappa shape index (κ1) is 48.0. The van der Waals surface area contributed by atoms with Gasteiger partial charge < -0.3 is 18.3 Å². The van der Waals surface area contributed by atoms with Crippen molar-refractivity contribution in [1.29, 1.82) is 10.5 Å². The normalized spacial score (nSPS) is 12.8. The van der Waals surface area contributed by atoms with Gasteiger partial charge in [0.05, 0.1) is 89.1 Å². The van der Waals surface area contributed by atoms with Gasteiger partial charge in [-0.2, -0.15) is 63.2 Å². The molecule has 4 aromatic heterocycles. The molecular weight excluding hydrogens is 1030 g/mol. The minimum absolute atomic E-state index is 0.0350. The molecule has 0 aliphatic heterocycles. The number of halogens is 12. The third-order valence-electron chi connectivity index (χ3n) is 14.5. The highest BCUT2D eigenvalue weighted by Gasteiger charge is 2.39. The average molecular weight is 1060 g/mol. The molecule has 0 saturated heterocycles. The van der Waals surface area contributed by atoms with Crippen molar-refractivity contribution in [3.05, 3.63) is 203 Å². The van der Waals surface area contributed by atoms with Crippen LogP contribution in [0.5, 0.6) is 0 Å². The van der Waals surface area contributed by atoms with Crippen LogP contribution >= 0.6 is 0 Å². The SMILES string of the molecule is N#Cc1c(-n2c3ccccc3c3cc(C(F)(F)F)ccc32)c(C#N)c(-n2c3ccccc3c3cc(C(F)(F)F)ccc32)c(-n2c3ccccc3c3cc(C(F)(F)F)ccc32)c1-n1c2ccccc2c2cc(C(F)(F)F)ccc21. The van der Waals surface area contributed by atoms with Crippen LogP contribution < -0.4 is 0 Å². The number of nitrogens with zero attached hydrogens (tertiary/aromatic N) is 6. The molecule has 0 atom stereocenters. The minimum atomic E-state index is -4.85. The fourth-order valence-corrected chi connectivity index (χ4v) is 11.3. The highest BCUT2D eigenvalue weighted by atomic mass is 19.4. The Morgan fingerprint density at radius 2 is 0.474 bits per heavy atom. The monoisotopic (exact) mass is 1060 g/mol. The Bertz CT molecular complexity index is 4660. The lowest BCUT2D eigenvalue weighted by Gasteiger charge is -2.27. The van der Waals surface area contributed by atoms with Crippen LogP contribution in [-0.4, -0.2) is 18.3 Å². The van der Waals surface area contributed by atoms with Gasteiger partial charge in [-0.25, -0.2) is 0 Å². The van der Waals surface area contributed by atoms with Crippen LogP contribution in [-0.2, 0) is 24.7 Å². The number of hydrogen-bond donors (Lipinski definition) is 0. The molecule has 0 unspecified atom stereocenters. The number of alkyl halides is 12. The van der Waals surface area contributed by atoms with E-state index in [1.807, 2.05) is 0 Å². The van der Waals surface area contributed by atoms with Crippen molar-refractivity contribution < 1.29 is 52.7 Å². The maximum absolute atomic E-state index is 14.7. The molecule has 0 aliphatic carbocycles. The summed E-state index contributed by atoms with van der Waals surface area (Å²) in [6.45, 7) is 0. The predicted octanol–water partition coefficient (Wildman–Crippen LogP) is 17.9. The number of rotatable bonds is 4. The van der Waals surface area contributed by atoms with Crippen LogP contribution in [0.1, 0.15) is 33.4 Å². The lowest BCUT2D eigenvalue weighted by atomic mass is 9.98.